The molecule has 2 aromatic rings. The fraction of sp³-hybridized carbons (Fsp3) is 0.278. The lowest BCUT2D eigenvalue weighted by Gasteiger charge is -2.19. The van der Waals surface area contributed by atoms with Crippen LogP contribution in [0.15, 0.2) is 54.6 Å². The van der Waals surface area contributed by atoms with Crippen molar-refractivity contribution in [3.05, 3.63) is 65.7 Å². The van der Waals surface area contributed by atoms with Gasteiger partial charge in [0.05, 0.1) is 0 Å². The van der Waals surface area contributed by atoms with Crippen LogP contribution in [0.5, 0.6) is 5.75 Å². The van der Waals surface area contributed by atoms with E-state index in [0.29, 0.717) is 18.1 Å². The van der Waals surface area contributed by atoms with Gasteiger partial charge in [0.25, 0.3) is 0 Å². The molecule has 21 heavy (non-hydrogen) atoms. The molecule has 0 spiro atoms. The Kier molecular flexibility index (Phi) is 5.03. The SMILES string of the molecule is CC(C)(CCl)C(=O)c1ccc(OCc2ccccc2)cc1. The summed E-state index contributed by atoms with van der Waals surface area (Å²) >= 11 is 5.84. The maximum absolute atomic E-state index is 12.3. The van der Waals surface area contributed by atoms with E-state index in [4.69, 9.17) is 16.3 Å². The van der Waals surface area contributed by atoms with Crippen LogP contribution in [0.25, 0.3) is 0 Å². The molecule has 0 aromatic heterocycles. The number of carbonyl (C=O) groups excluding carboxylic acids is 1. The first-order chi connectivity index (χ1) is 10.0. The van der Waals surface area contributed by atoms with Gasteiger partial charge in [-0.3, -0.25) is 4.79 Å². The molecule has 0 bridgehead atoms. The number of alkyl halides is 1. The monoisotopic (exact) mass is 302 g/mol. The van der Waals surface area contributed by atoms with Crippen LogP contribution in [0, 0.1) is 5.41 Å². The van der Waals surface area contributed by atoms with E-state index in [2.05, 4.69) is 0 Å². The molecular weight excluding hydrogens is 284 g/mol. The average Bonchev–Trinajstić information content (AvgIpc) is 2.53. The van der Waals surface area contributed by atoms with Crippen molar-refractivity contribution in [2.45, 2.75) is 20.5 Å². The third-order valence-electron chi connectivity index (χ3n) is 3.31. The number of benzene rings is 2. The summed E-state index contributed by atoms with van der Waals surface area (Å²) in [7, 11) is 0. The quantitative estimate of drug-likeness (QED) is 0.570. The second kappa shape index (κ2) is 6.77. The van der Waals surface area contributed by atoms with Gasteiger partial charge in [-0.15, -0.1) is 11.6 Å². The Hall–Kier alpha value is -1.80. The fourth-order valence-electron chi connectivity index (χ4n) is 1.89. The Morgan fingerprint density at radius 3 is 2.24 bits per heavy atom. The summed E-state index contributed by atoms with van der Waals surface area (Å²) in [4.78, 5) is 12.3. The molecule has 0 N–H and O–H groups in total. The first kappa shape index (κ1) is 15.6. The number of ether oxygens (including phenoxy) is 1. The summed E-state index contributed by atoms with van der Waals surface area (Å²) in [6, 6.07) is 17.2. The Morgan fingerprint density at radius 2 is 1.67 bits per heavy atom. The molecule has 0 amide bonds. The van der Waals surface area contributed by atoms with Crippen LogP contribution >= 0.6 is 11.6 Å². The molecular formula is C18H19ClO2. The van der Waals surface area contributed by atoms with Crippen molar-refractivity contribution >= 4 is 17.4 Å². The summed E-state index contributed by atoms with van der Waals surface area (Å²) in [5, 5.41) is 0. The normalized spacial score (nSPS) is 11.2. The minimum Gasteiger partial charge on any atom is -0.489 e. The Morgan fingerprint density at radius 1 is 1.05 bits per heavy atom. The summed E-state index contributed by atoms with van der Waals surface area (Å²) in [6.07, 6.45) is 0. The van der Waals surface area contributed by atoms with Gasteiger partial charge in [0.2, 0.25) is 0 Å². The molecule has 3 heteroatoms. The molecule has 0 saturated heterocycles. The van der Waals surface area contributed by atoms with Crippen molar-refractivity contribution in [1.82, 2.24) is 0 Å². The molecule has 110 valence electrons. The van der Waals surface area contributed by atoms with Gasteiger partial charge in [-0.25, -0.2) is 0 Å². The van der Waals surface area contributed by atoms with Crippen LogP contribution in [0.1, 0.15) is 29.8 Å². The number of halogens is 1. The second-order valence-corrected chi connectivity index (χ2v) is 5.91. The molecule has 0 radical (unpaired) electrons. The van der Waals surface area contributed by atoms with Gasteiger partial charge in [0.1, 0.15) is 12.4 Å². The maximum Gasteiger partial charge on any atom is 0.169 e. The van der Waals surface area contributed by atoms with Crippen molar-refractivity contribution in [2.24, 2.45) is 5.41 Å². The predicted molar refractivity (Wildman–Crippen MR) is 86.0 cm³/mol. The number of ketones is 1. The third-order valence-corrected chi connectivity index (χ3v) is 3.98. The van der Waals surface area contributed by atoms with Crippen molar-refractivity contribution in [2.75, 3.05) is 5.88 Å². The third kappa shape index (κ3) is 4.08. The first-order valence-corrected chi connectivity index (χ1v) is 7.44. The minimum atomic E-state index is -0.548. The number of hydrogen-bond donors (Lipinski definition) is 0. The van der Waals surface area contributed by atoms with Crippen LogP contribution in [-0.2, 0) is 6.61 Å². The number of hydrogen-bond acceptors (Lipinski definition) is 2. The summed E-state index contributed by atoms with van der Waals surface area (Å²) in [5.41, 5.74) is 1.22. The molecule has 2 aromatic carbocycles. The average molecular weight is 303 g/mol. The Bertz CT molecular complexity index is 588. The second-order valence-electron chi connectivity index (χ2n) is 5.65. The highest BCUT2D eigenvalue weighted by Crippen LogP contribution is 2.24. The van der Waals surface area contributed by atoms with Crippen molar-refractivity contribution < 1.29 is 9.53 Å². The van der Waals surface area contributed by atoms with Crippen LogP contribution in [-0.4, -0.2) is 11.7 Å². The molecule has 2 nitrogen and oxygen atoms in total. The van der Waals surface area contributed by atoms with Crippen LogP contribution in [0.3, 0.4) is 0 Å². The van der Waals surface area contributed by atoms with Gasteiger partial charge in [0, 0.05) is 16.9 Å². The summed E-state index contributed by atoms with van der Waals surface area (Å²) in [6.45, 7) is 4.21. The molecule has 2 rings (SSSR count). The highest BCUT2D eigenvalue weighted by molar-refractivity contribution is 6.21. The Balaban J connectivity index is 2.01. The molecule has 0 aliphatic heterocycles. The van der Waals surface area contributed by atoms with E-state index in [1.54, 1.807) is 12.1 Å². The van der Waals surface area contributed by atoms with Gasteiger partial charge in [-0.1, -0.05) is 44.2 Å². The number of Topliss-reactive ketones (excluding diaryl/α,β-unsaturated/α-hetero) is 1. The Labute approximate surface area is 130 Å². The predicted octanol–water partition coefficient (Wildman–Crippen LogP) is 4.71. The van der Waals surface area contributed by atoms with Crippen LogP contribution in [0.4, 0.5) is 0 Å². The van der Waals surface area contributed by atoms with Crippen LogP contribution in [0.2, 0.25) is 0 Å². The van der Waals surface area contributed by atoms with E-state index in [-0.39, 0.29) is 5.78 Å². The lowest BCUT2D eigenvalue weighted by atomic mass is 9.86. The van der Waals surface area contributed by atoms with Gasteiger partial charge in [-0.2, -0.15) is 0 Å². The fourth-order valence-corrected chi connectivity index (χ4v) is 2.02. The van der Waals surface area contributed by atoms with E-state index in [1.807, 2.05) is 56.3 Å². The molecule has 0 aliphatic rings. The zero-order valence-corrected chi connectivity index (χ0v) is 13.1. The molecule has 0 atom stereocenters. The zero-order valence-electron chi connectivity index (χ0n) is 12.3. The minimum absolute atomic E-state index is 0.0482. The molecule has 0 fully saturated rings. The van der Waals surface area contributed by atoms with Crippen molar-refractivity contribution in [1.29, 1.82) is 0 Å². The maximum atomic E-state index is 12.3. The number of carbonyl (C=O) groups is 1. The summed E-state index contributed by atoms with van der Waals surface area (Å²) < 4.78 is 5.70. The van der Waals surface area contributed by atoms with E-state index in [9.17, 15) is 4.79 Å². The molecule has 0 heterocycles. The number of rotatable bonds is 6. The lowest BCUT2D eigenvalue weighted by molar-refractivity contribution is 0.0862. The summed E-state index contributed by atoms with van der Waals surface area (Å²) in [5.74, 6) is 1.10. The van der Waals surface area contributed by atoms with E-state index in [0.717, 1.165) is 11.3 Å². The van der Waals surface area contributed by atoms with Crippen molar-refractivity contribution in [3.63, 3.8) is 0 Å². The topological polar surface area (TPSA) is 26.3 Å². The van der Waals surface area contributed by atoms with Crippen LogP contribution < -0.4 is 4.74 Å². The standard InChI is InChI=1S/C18H19ClO2/c1-18(2,13-19)17(20)15-8-10-16(11-9-15)21-12-14-6-4-3-5-7-14/h3-11H,12-13H2,1-2H3. The van der Waals surface area contributed by atoms with E-state index >= 15 is 0 Å². The largest absolute Gasteiger partial charge is 0.489 e. The lowest BCUT2D eigenvalue weighted by Crippen LogP contribution is -2.25. The first-order valence-electron chi connectivity index (χ1n) is 6.90. The van der Waals surface area contributed by atoms with Crippen molar-refractivity contribution in [3.8, 4) is 5.75 Å². The van der Waals surface area contributed by atoms with Gasteiger partial charge in [0.15, 0.2) is 5.78 Å². The highest BCUT2D eigenvalue weighted by atomic mass is 35.5. The van der Waals surface area contributed by atoms with Gasteiger partial charge < -0.3 is 4.74 Å². The zero-order chi connectivity index (χ0) is 15.3. The van der Waals surface area contributed by atoms with Gasteiger partial charge in [-0.05, 0) is 29.8 Å². The highest BCUT2D eigenvalue weighted by Gasteiger charge is 2.27. The molecule has 0 unspecified atom stereocenters. The van der Waals surface area contributed by atoms with E-state index in [1.165, 1.54) is 0 Å². The smallest absolute Gasteiger partial charge is 0.169 e. The van der Waals surface area contributed by atoms with Gasteiger partial charge >= 0.3 is 0 Å². The molecule has 0 saturated carbocycles. The van der Waals surface area contributed by atoms with E-state index < -0.39 is 5.41 Å². The molecule has 0 aliphatic carbocycles.